The van der Waals surface area contributed by atoms with Crippen molar-refractivity contribution in [2.45, 2.75) is 31.3 Å². The molecular weight excluding hydrogens is 126 g/mol. The first kappa shape index (κ1) is 6.58. The van der Waals surface area contributed by atoms with Crippen LogP contribution < -0.4 is 11.2 Å². The van der Waals surface area contributed by atoms with Crippen LogP contribution >= 0.6 is 0 Å². The van der Waals surface area contributed by atoms with Crippen molar-refractivity contribution in [2.24, 2.45) is 5.84 Å². The molecule has 2 aliphatic rings. The van der Waals surface area contributed by atoms with E-state index in [0.29, 0.717) is 12.1 Å². The Hall–Kier alpha value is -0.120. The molecule has 0 bridgehead atoms. The molecule has 0 aromatic carbocycles. The molecule has 2 aliphatic heterocycles. The first-order chi connectivity index (χ1) is 4.88. The number of nitrogens with one attached hydrogen (secondary N) is 1. The zero-order chi connectivity index (χ0) is 6.97. The molecule has 2 rings (SSSR count). The van der Waals surface area contributed by atoms with Gasteiger partial charge in [-0.05, 0) is 25.8 Å². The number of nitrogens with two attached hydrogens (primary N) is 1. The lowest BCUT2D eigenvalue weighted by atomic mass is 10.0. The lowest BCUT2D eigenvalue weighted by Gasteiger charge is -2.29. The van der Waals surface area contributed by atoms with Crippen molar-refractivity contribution >= 4 is 0 Å². The Labute approximate surface area is 61.5 Å². The smallest absolute Gasteiger partial charge is 0.0395 e. The van der Waals surface area contributed by atoms with E-state index in [2.05, 4.69) is 5.32 Å². The van der Waals surface area contributed by atoms with E-state index in [0.717, 1.165) is 6.54 Å². The van der Waals surface area contributed by atoms with Crippen molar-refractivity contribution in [3.05, 3.63) is 0 Å². The molecule has 2 atom stereocenters. The van der Waals surface area contributed by atoms with Gasteiger partial charge in [-0.2, -0.15) is 0 Å². The second-order valence-electron chi connectivity index (χ2n) is 3.30. The van der Waals surface area contributed by atoms with Gasteiger partial charge in [-0.1, -0.05) is 0 Å². The number of rotatable bonds is 0. The van der Waals surface area contributed by atoms with E-state index in [-0.39, 0.29) is 0 Å². The molecule has 10 heavy (non-hydrogen) atoms. The summed E-state index contributed by atoms with van der Waals surface area (Å²) in [5.74, 6) is 5.78. The molecule has 2 heterocycles. The van der Waals surface area contributed by atoms with Crippen LogP contribution in [0.5, 0.6) is 0 Å². The van der Waals surface area contributed by atoms with Crippen molar-refractivity contribution in [3.63, 3.8) is 0 Å². The normalized spacial score (nSPS) is 41.7. The number of fused-ring (bicyclic) bond motifs is 1. The second kappa shape index (κ2) is 2.49. The lowest BCUT2D eigenvalue weighted by Crippen LogP contribution is -2.48. The molecule has 0 spiro atoms. The molecule has 0 radical (unpaired) electrons. The van der Waals surface area contributed by atoms with Crippen molar-refractivity contribution in [2.75, 3.05) is 13.1 Å². The summed E-state index contributed by atoms with van der Waals surface area (Å²) < 4.78 is 0. The van der Waals surface area contributed by atoms with Gasteiger partial charge < -0.3 is 5.32 Å². The fourth-order valence-corrected chi connectivity index (χ4v) is 2.08. The Morgan fingerprint density at radius 1 is 1.40 bits per heavy atom. The lowest BCUT2D eigenvalue weighted by molar-refractivity contribution is 0.205. The van der Waals surface area contributed by atoms with Crippen molar-refractivity contribution in [1.29, 1.82) is 0 Å². The van der Waals surface area contributed by atoms with Gasteiger partial charge in [-0.25, -0.2) is 5.01 Å². The van der Waals surface area contributed by atoms with Crippen LogP contribution in [-0.4, -0.2) is 30.2 Å². The molecule has 3 heteroatoms. The number of piperidine rings is 1. The Balaban J connectivity index is 2.01. The molecule has 0 amide bonds. The number of hydrazine groups is 1. The van der Waals surface area contributed by atoms with Gasteiger partial charge in [0.25, 0.3) is 0 Å². The summed E-state index contributed by atoms with van der Waals surface area (Å²) in [5.41, 5.74) is 0. The molecule has 58 valence electrons. The fraction of sp³-hybridized carbons (Fsp3) is 1.00. The molecule has 2 saturated heterocycles. The minimum Gasteiger partial charge on any atom is -0.312 e. The van der Waals surface area contributed by atoms with Crippen molar-refractivity contribution < 1.29 is 0 Å². The topological polar surface area (TPSA) is 41.3 Å². The standard InChI is InChI=1S/C7H15N3/c8-10-5-3-6-7(10)2-1-4-9-6/h6-7,9H,1-5,8H2. The average molecular weight is 141 g/mol. The largest absolute Gasteiger partial charge is 0.312 e. The van der Waals surface area contributed by atoms with Crippen LogP contribution in [0.1, 0.15) is 19.3 Å². The van der Waals surface area contributed by atoms with Crippen LogP contribution in [-0.2, 0) is 0 Å². The highest BCUT2D eigenvalue weighted by Crippen LogP contribution is 2.21. The molecule has 2 fully saturated rings. The maximum absolute atomic E-state index is 5.78. The van der Waals surface area contributed by atoms with Gasteiger partial charge >= 0.3 is 0 Å². The first-order valence-corrected chi connectivity index (χ1v) is 4.12. The van der Waals surface area contributed by atoms with E-state index in [1.165, 1.54) is 25.8 Å². The summed E-state index contributed by atoms with van der Waals surface area (Å²) in [6.07, 6.45) is 3.81. The third-order valence-electron chi connectivity index (χ3n) is 2.67. The van der Waals surface area contributed by atoms with Crippen LogP contribution in [0.2, 0.25) is 0 Å². The van der Waals surface area contributed by atoms with Gasteiger partial charge in [0.15, 0.2) is 0 Å². The van der Waals surface area contributed by atoms with Gasteiger partial charge in [0.1, 0.15) is 0 Å². The van der Waals surface area contributed by atoms with E-state index in [1.807, 2.05) is 5.01 Å². The van der Waals surface area contributed by atoms with Gasteiger partial charge in [0.05, 0.1) is 0 Å². The minimum absolute atomic E-state index is 0.633. The highest BCUT2D eigenvalue weighted by atomic mass is 15.4. The number of hydrogen-bond donors (Lipinski definition) is 2. The van der Waals surface area contributed by atoms with E-state index < -0.39 is 0 Å². The van der Waals surface area contributed by atoms with Gasteiger partial charge in [0.2, 0.25) is 0 Å². The van der Waals surface area contributed by atoms with Crippen molar-refractivity contribution in [3.8, 4) is 0 Å². The van der Waals surface area contributed by atoms with E-state index in [4.69, 9.17) is 5.84 Å². The Morgan fingerprint density at radius 3 is 3.10 bits per heavy atom. The number of hydrogen-bond acceptors (Lipinski definition) is 3. The number of nitrogens with zero attached hydrogens (tertiary/aromatic N) is 1. The Kier molecular flexibility index (Phi) is 1.64. The van der Waals surface area contributed by atoms with Crippen LogP contribution in [0.25, 0.3) is 0 Å². The molecule has 3 N–H and O–H groups in total. The van der Waals surface area contributed by atoms with Gasteiger partial charge in [0, 0.05) is 18.6 Å². The van der Waals surface area contributed by atoms with E-state index >= 15 is 0 Å². The van der Waals surface area contributed by atoms with E-state index in [9.17, 15) is 0 Å². The van der Waals surface area contributed by atoms with Crippen molar-refractivity contribution in [1.82, 2.24) is 10.3 Å². The zero-order valence-corrected chi connectivity index (χ0v) is 6.21. The van der Waals surface area contributed by atoms with Crippen LogP contribution in [0.15, 0.2) is 0 Å². The van der Waals surface area contributed by atoms with Crippen LogP contribution in [0, 0.1) is 0 Å². The predicted octanol–water partition coefficient (Wildman–Crippen LogP) is -0.314. The molecule has 0 aromatic rings. The maximum atomic E-state index is 5.78. The summed E-state index contributed by atoms with van der Waals surface area (Å²) in [6.45, 7) is 2.26. The highest BCUT2D eigenvalue weighted by molar-refractivity contribution is 4.92. The quantitative estimate of drug-likeness (QED) is 0.454. The summed E-state index contributed by atoms with van der Waals surface area (Å²) >= 11 is 0. The average Bonchev–Trinajstić information content (AvgIpc) is 2.34. The Bertz CT molecular complexity index is 124. The SMILES string of the molecule is NN1CCC2NCCCC21. The van der Waals surface area contributed by atoms with Crippen LogP contribution in [0.4, 0.5) is 0 Å². The summed E-state index contributed by atoms with van der Waals surface area (Å²) in [6, 6.07) is 1.33. The first-order valence-electron chi connectivity index (χ1n) is 4.12. The molecule has 0 saturated carbocycles. The Morgan fingerprint density at radius 2 is 2.30 bits per heavy atom. The fourth-order valence-electron chi connectivity index (χ4n) is 2.08. The van der Waals surface area contributed by atoms with Gasteiger partial charge in [-0.3, -0.25) is 5.84 Å². The molecule has 2 unspecified atom stereocenters. The third-order valence-corrected chi connectivity index (χ3v) is 2.67. The van der Waals surface area contributed by atoms with E-state index in [1.54, 1.807) is 0 Å². The summed E-state index contributed by atoms with van der Waals surface area (Å²) in [4.78, 5) is 0. The molecular formula is C7H15N3. The highest BCUT2D eigenvalue weighted by Gasteiger charge is 2.33. The molecule has 0 aliphatic carbocycles. The monoisotopic (exact) mass is 141 g/mol. The molecule has 0 aromatic heterocycles. The van der Waals surface area contributed by atoms with Crippen LogP contribution in [0.3, 0.4) is 0 Å². The summed E-state index contributed by atoms with van der Waals surface area (Å²) in [5, 5.41) is 5.49. The van der Waals surface area contributed by atoms with Gasteiger partial charge in [-0.15, -0.1) is 0 Å². The third kappa shape index (κ3) is 0.944. The zero-order valence-electron chi connectivity index (χ0n) is 6.21. The summed E-state index contributed by atoms with van der Waals surface area (Å²) in [7, 11) is 0. The maximum Gasteiger partial charge on any atom is 0.0395 e. The minimum atomic E-state index is 0.633. The molecule has 3 nitrogen and oxygen atoms in total. The second-order valence-corrected chi connectivity index (χ2v) is 3.30. The predicted molar refractivity (Wildman–Crippen MR) is 40.3 cm³/mol.